The first-order valence-electron chi connectivity index (χ1n) is 9.53. The maximum absolute atomic E-state index is 2.82. The van der Waals surface area contributed by atoms with Crippen LogP contribution in [-0.2, 0) is 0 Å². The van der Waals surface area contributed by atoms with Crippen LogP contribution in [0.3, 0.4) is 0 Å². The van der Waals surface area contributed by atoms with Crippen LogP contribution >= 0.6 is 0 Å². The minimum Gasteiger partial charge on any atom is -0.302 e. The Morgan fingerprint density at radius 2 is 1.45 bits per heavy atom. The van der Waals surface area contributed by atoms with Crippen molar-refractivity contribution in [3.8, 4) is 0 Å². The van der Waals surface area contributed by atoms with E-state index in [1.807, 2.05) is 0 Å². The molecule has 0 N–H and O–H groups in total. The Labute approximate surface area is 139 Å². The highest BCUT2D eigenvalue weighted by atomic mass is 15.2. The SMILES string of the molecule is C[C@H]1CN(CC(C)(C)C)CCC1N1CCC(C(C)(C)C)CC1. The fourth-order valence-electron chi connectivity index (χ4n) is 4.67. The molecular weight excluding hydrogens is 268 g/mol. The van der Waals surface area contributed by atoms with E-state index in [1.165, 1.54) is 52.0 Å². The number of hydrogen-bond acceptors (Lipinski definition) is 2. The molecule has 130 valence electrons. The van der Waals surface area contributed by atoms with Crippen molar-refractivity contribution in [3.05, 3.63) is 0 Å². The summed E-state index contributed by atoms with van der Waals surface area (Å²) in [6, 6.07) is 0.831. The zero-order chi connectivity index (χ0) is 16.5. The molecule has 0 aromatic rings. The molecule has 2 fully saturated rings. The third-order valence-corrected chi connectivity index (χ3v) is 5.87. The van der Waals surface area contributed by atoms with Crippen LogP contribution in [0, 0.1) is 22.7 Å². The summed E-state index contributed by atoms with van der Waals surface area (Å²) in [7, 11) is 0. The van der Waals surface area contributed by atoms with Crippen molar-refractivity contribution in [1.82, 2.24) is 9.80 Å². The van der Waals surface area contributed by atoms with E-state index in [9.17, 15) is 0 Å². The lowest BCUT2D eigenvalue weighted by molar-refractivity contribution is 0.0170. The van der Waals surface area contributed by atoms with Crippen LogP contribution in [0.5, 0.6) is 0 Å². The fourth-order valence-corrected chi connectivity index (χ4v) is 4.67. The maximum Gasteiger partial charge on any atom is 0.0145 e. The van der Waals surface area contributed by atoms with E-state index in [0.717, 1.165) is 17.9 Å². The minimum absolute atomic E-state index is 0.428. The molecular formula is C20H40N2. The smallest absolute Gasteiger partial charge is 0.0145 e. The second-order valence-corrected chi connectivity index (χ2v) is 10.3. The predicted octanol–water partition coefficient (Wildman–Crippen LogP) is 4.50. The van der Waals surface area contributed by atoms with Crippen LogP contribution in [0.2, 0.25) is 0 Å². The van der Waals surface area contributed by atoms with Gasteiger partial charge in [0.2, 0.25) is 0 Å². The standard InChI is InChI=1S/C20H40N2/c1-16-14-21(15-19(2,3)4)11-10-18(16)22-12-8-17(9-13-22)20(5,6)7/h16-18H,8-15H2,1-7H3/t16-,18?/m0/s1. The zero-order valence-corrected chi connectivity index (χ0v) is 16.3. The lowest BCUT2D eigenvalue weighted by Gasteiger charge is -2.47. The van der Waals surface area contributed by atoms with E-state index in [4.69, 9.17) is 0 Å². The summed E-state index contributed by atoms with van der Waals surface area (Å²) < 4.78 is 0. The molecule has 0 spiro atoms. The molecule has 0 aliphatic carbocycles. The quantitative estimate of drug-likeness (QED) is 0.741. The molecule has 2 aliphatic heterocycles. The fraction of sp³-hybridized carbons (Fsp3) is 1.00. The number of hydrogen-bond donors (Lipinski definition) is 0. The van der Waals surface area contributed by atoms with Crippen molar-refractivity contribution >= 4 is 0 Å². The first-order chi connectivity index (χ1) is 10.1. The largest absolute Gasteiger partial charge is 0.302 e. The Balaban J connectivity index is 1.83. The molecule has 22 heavy (non-hydrogen) atoms. The van der Waals surface area contributed by atoms with Gasteiger partial charge >= 0.3 is 0 Å². The number of likely N-dealkylation sites (tertiary alicyclic amines) is 2. The van der Waals surface area contributed by atoms with Gasteiger partial charge in [0.25, 0.3) is 0 Å². The Hall–Kier alpha value is -0.0800. The van der Waals surface area contributed by atoms with Gasteiger partial charge < -0.3 is 9.80 Å². The number of piperidine rings is 2. The molecule has 0 saturated carbocycles. The van der Waals surface area contributed by atoms with Gasteiger partial charge in [0, 0.05) is 19.1 Å². The third-order valence-electron chi connectivity index (χ3n) is 5.87. The van der Waals surface area contributed by atoms with Crippen LogP contribution in [0.1, 0.15) is 67.7 Å². The Morgan fingerprint density at radius 3 is 1.91 bits per heavy atom. The molecule has 2 saturated heterocycles. The van der Waals surface area contributed by atoms with Crippen LogP contribution in [0.4, 0.5) is 0 Å². The van der Waals surface area contributed by atoms with Crippen molar-refractivity contribution in [1.29, 1.82) is 0 Å². The van der Waals surface area contributed by atoms with E-state index in [-0.39, 0.29) is 0 Å². The van der Waals surface area contributed by atoms with Crippen molar-refractivity contribution in [2.45, 2.75) is 73.8 Å². The van der Waals surface area contributed by atoms with Crippen LogP contribution in [0.15, 0.2) is 0 Å². The van der Waals surface area contributed by atoms with Gasteiger partial charge in [0.1, 0.15) is 0 Å². The highest BCUT2D eigenvalue weighted by molar-refractivity contribution is 4.89. The summed E-state index contributed by atoms with van der Waals surface area (Å²) in [6.45, 7) is 23.3. The van der Waals surface area contributed by atoms with E-state index >= 15 is 0 Å². The molecule has 2 heteroatoms. The van der Waals surface area contributed by atoms with Crippen LogP contribution in [-0.4, -0.2) is 48.6 Å². The van der Waals surface area contributed by atoms with Gasteiger partial charge in [-0.1, -0.05) is 48.5 Å². The molecule has 0 amide bonds. The van der Waals surface area contributed by atoms with Gasteiger partial charge in [0.15, 0.2) is 0 Å². The van der Waals surface area contributed by atoms with Gasteiger partial charge in [-0.25, -0.2) is 0 Å². The Kier molecular flexibility index (Phi) is 5.65. The monoisotopic (exact) mass is 308 g/mol. The van der Waals surface area contributed by atoms with Crippen molar-refractivity contribution < 1.29 is 0 Å². The topological polar surface area (TPSA) is 6.48 Å². The van der Waals surface area contributed by atoms with E-state index in [0.29, 0.717) is 10.8 Å². The highest BCUT2D eigenvalue weighted by Gasteiger charge is 2.35. The normalized spacial score (nSPS) is 30.7. The van der Waals surface area contributed by atoms with Gasteiger partial charge in [-0.3, -0.25) is 0 Å². The van der Waals surface area contributed by atoms with Crippen LogP contribution in [0.25, 0.3) is 0 Å². The summed E-state index contributed by atoms with van der Waals surface area (Å²) >= 11 is 0. The predicted molar refractivity (Wildman–Crippen MR) is 97.2 cm³/mol. The maximum atomic E-state index is 2.82. The van der Waals surface area contributed by atoms with Crippen molar-refractivity contribution in [2.75, 3.05) is 32.7 Å². The first-order valence-corrected chi connectivity index (χ1v) is 9.53. The van der Waals surface area contributed by atoms with Crippen LogP contribution < -0.4 is 0 Å². The summed E-state index contributed by atoms with van der Waals surface area (Å²) in [5.41, 5.74) is 0.922. The average molecular weight is 309 g/mol. The van der Waals surface area contributed by atoms with Gasteiger partial charge in [-0.05, 0) is 61.6 Å². The molecule has 2 aliphatic rings. The van der Waals surface area contributed by atoms with Gasteiger partial charge in [-0.15, -0.1) is 0 Å². The summed E-state index contributed by atoms with van der Waals surface area (Å²) in [4.78, 5) is 5.52. The Morgan fingerprint density at radius 1 is 0.864 bits per heavy atom. The molecule has 1 unspecified atom stereocenters. The second-order valence-electron chi connectivity index (χ2n) is 10.3. The molecule has 2 nitrogen and oxygen atoms in total. The van der Waals surface area contributed by atoms with E-state index < -0.39 is 0 Å². The van der Waals surface area contributed by atoms with Gasteiger partial charge in [0.05, 0.1) is 0 Å². The highest BCUT2D eigenvalue weighted by Crippen LogP contribution is 2.36. The summed E-state index contributed by atoms with van der Waals surface area (Å²) in [5, 5.41) is 0. The summed E-state index contributed by atoms with van der Waals surface area (Å²) in [5.74, 6) is 1.74. The van der Waals surface area contributed by atoms with E-state index in [2.05, 4.69) is 58.3 Å². The van der Waals surface area contributed by atoms with Crippen molar-refractivity contribution in [2.24, 2.45) is 22.7 Å². The second kappa shape index (κ2) is 6.81. The molecule has 2 atom stereocenters. The third kappa shape index (κ3) is 4.96. The molecule has 2 rings (SSSR count). The number of rotatable bonds is 2. The molecule has 0 aromatic carbocycles. The minimum atomic E-state index is 0.428. The first kappa shape index (κ1) is 18.3. The molecule has 2 heterocycles. The van der Waals surface area contributed by atoms with Crippen molar-refractivity contribution in [3.63, 3.8) is 0 Å². The zero-order valence-electron chi connectivity index (χ0n) is 16.3. The average Bonchev–Trinajstić information content (AvgIpc) is 2.36. The molecule has 0 radical (unpaired) electrons. The lowest BCUT2D eigenvalue weighted by atomic mass is 9.74. The lowest BCUT2D eigenvalue weighted by Crippen LogP contribution is -2.53. The number of nitrogens with zero attached hydrogens (tertiary/aromatic N) is 2. The summed E-state index contributed by atoms with van der Waals surface area (Å²) in [6.07, 6.45) is 4.17. The molecule has 0 aromatic heterocycles. The molecule has 0 bridgehead atoms. The van der Waals surface area contributed by atoms with E-state index in [1.54, 1.807) is 0 Å². The Bertz CT molecular complexity index is 342. The van der Waals surface area contributed by atoms with Gasteiger partial charge in [-0.2, -0.15) is 0 Å².